The SMILES string of the molecule is CCOc1ccccc1-c1nc(CN(C)[C@H](C)c2cccs2)c(C)o1. The topological polar surface area (TPSA) is 38.5 Å². The van der Waals surface area contributed by atoms with Crippen LogP contribution in [0.15, 0.2) is 46.2 Å². The Bertz CT molecular complexity index is 811. The first-order chi connectivity index (χ1) is 12.1. The Morgan fingerprint density at radius 2 is 2.04 bits per heavy atom. The van der Waals surface area contributed by atoms with E-state index in [4.69, 9.17) is 14.1 Å². The quantitative estimate of drug-likeness (QED) is 0.575. The van der Waals surface area contributed by atoms with E-state index in [1.807, 2.05) is 38.1 Å². The summed E-state index contributed by atoms with van der Waals surface area (Å²) in [5.74, 6) is 2.28. The summed E-state index contributed by atoms with van der Waals surface area (Å²) in [5.41, 5.74) is 1.86. The summed E-state index contributed by atoms with van der Waals surface area (Å²) >= 11 is 1.78. The molecule has 0 fully saturated rings. The van der Waals surface area contributed by atoms with Crippen molar-refractivity contribution in [3.63, 3.8) is 0 Å². The molecule has 0 spiro atoms. The zero-order valence-corrected chi connectivity index (χ0v) is 16.0. The predicted molar refractivity (Wildman–Crippen MR) is 102 cm³/mol. The van der Waals surface area contributed by atoms with Crippen molar-refractivity contribution in [2.45, 2.75) is 33.4 Å². The van der Waals surface area contributed by atoms with Crippen LogP contribution in [0.2, 0.25) is 0 Å². The first-order valence-corrected chi connectivity index (χ1v) is 9.40. The average Bonchev–Trinajstić information content (AvgIpc) is 3.26. The number of nitrogens with zero attached hydrogens (tertiary/aromatic N) is 2. The highest BCUT2D eigenvalue weighted by atomic mass is 32.1. The van der Waals surface area contributed by atoms with Crippen LogP contribution in [0, 0.1) is 6.92 Å². The number of hydrogen-bond donors (Lipinski definition) is 0. The van der Waals surface area contributed by atoms with E-state index in [0.717, 1.165) is 29.3 Å². The second kappa shape index (κ2) is 7.85. The number of para-hydroxylation sites is 1. The highest BCUT2D eigenvalue weighted by Crippen LogP contribution is 2.31. The molecule has 0 saturated heterocycles. The van der Waals surface area contributed by atoms with Crippen LogP contribution in [-0.2, 0) is 6.54 Å². The fourth-order valence-corrected chi connectivity index (χ4v) is 3.58. The molecule has 4 nitrogen and oxygen atoms in total. The summed E-state index contributed by atoms with van der Waals surface area (Å²) in [6.45, 7) is 7.52. The Labute approximate surface area is 153 Å². The van der Waals surface area contributed by atoms with Crippen molar-refractivity contribution in [3.8, 4) is 17.2 Å². The molecular formula is C20H24N2O2S. The van der Waals surface area contributed by atoms with Crippen LogP contribution >= 0.6 is 11.3 Å². The van der Waals surface area contributed by atoms with Crippen LogP contribution in [0.3, 0.4) is 0 Å². The van der Waals surface area contributed by atoms with Gasteiger partial charge in [-0.1, -0.05) is 18.2 Å². The van der Waals surface area contributed by atoms with Gasteiger partial charge in [-0.2, -0.15) is 0 Å². The zero-order chi connectivity index (χ0) is 17.8. The molecule has 0 radical (unpaired) electrons. The summed E-state index contributed by atoms with van der Waals surface area (Å²) in [7, 11) is 2.12. The highest BCUT2D eigenvalue weighted by Gasteiger charge is 2.19. The minimum absolute atomic E-state index is 0.343. The minimum Gasteiger partial charge on any atom is -0.493 e. The third-order valence-electron chi connectivity index (χ3n) is 4.33. The van der Waals surface area contributed by atoms with Gasteiger partial charge in [-0.3, -0.25) is 4.90 Å². The monoisotopic (exact) mass is 356 g/mol. The van der Waals surface area contributed by atoms with Crippen molar-refractivity contribution in [1.82, 2.24) is 9.88 Å². The number of ether oxygens (including phenoxy) is 1. The fraction of sp³-hybridized carbons (Fsp3) is 0.350. The molecule has 0 amide bonds. The number of rotatable bonds is 7. The third kappa shape index (κ3) is 3.94. The molecule has 0 saturated carbocycles. The normalized spacial score (nSPS) is 12.5. The van der Waals surface area contributed by atoms with Crippen molar-refractivity contribution in [1.29, 1.82) is 0 Å². The molecular weight excluding hydrogens is 332 g/mol. The summed E-state index contributed by atoms with van der Waals surface area (Å²) in [5, 5.41) is 2.11. The van der Waals surface area contributed by atoms with E-state index in [9.17, 15) is 0 Å². The van der Waals surface area contributed by atoms with Crippen LogP contribution in [-0.4, -0.2) is 23.5 Å². The molecule has 1 aromatic carbocycles. The van der Waals surface area contributed by atoms with Gasteiger partial charge in [0.1, 0.15) is 11.5 Å². The van der Waals surface area contributed by atoms with E-state index < -0.39 is 0 Å². The van der Waals surface area contributed by atoms with Gasteiger partial charge in [0.05, 0.1) is 17.9 Å². The van der Waals surface area contributed by atoms with E-state index in [1.54, 1.807) is 11.3 Å². The highest BCUT2D eigenvalue weighted by molar-refractivity contribution is 7.10. The molecule has 0 aliphatic carbocycles. The summed E-state index contributed by atoms with van der Waals surface area (Å²) in [4.78, 5) is 8.38. The third-order valence-corrected chi connectivity index (χ3v) is 5.37. The van der Waals surface area contributed by atoms with Crippen molar-refractivity contribution in [2.24, 2.45) is 0 Å². The van der Waals surface area contributed by atoms with Crippen molar-refractivity contribution >= 4 is 11.3 Å². The van der Waals surface area contributed by atoms with E-state index in [1.165, 1.54) is 4.88 Å². The second-order valence-electron chi connectivity index (χ2n) is 6.06. The minimum atomic E-state index is 0.343. The first kappa shape index (κ1) is 17.7. The largest absolute Gasteiger partial charge is 0.493 e. The molecule has 5 heteroatoms. The molecule has 25 heavy (non-hydrogen) atoms. The molecule has 0 unspecified atom stereocenters. The molecule has 2 aromatic heterocycles. The molecule has 2 heterocycles. The summed E-state index contributed by atoms with van der Waals surface area (Å²) < 4.78 is 11.6. The van der Waals surface area contributed by atoms with Crippen LogP contribution < -0.4 is 4.74 Å². The maximum absolute atomic E-state index is 5.94. The Morgan fingerprint density at radius 1 is 1.24 bits per heavy atom. The number of thiophene rings is 1. The van der Waals surface area contributed by atoms with E-state index >= 15 is 0 Å². The van der Waals surface area contributed by atoms with Gasteiger partial charge >= 0.3 is 0 Å². The van der Waals surface area contributed by atoms with Gasteiger partial charge in [-0.15, -0.1) is 11.3 Å². The lowest BCUT2D eigenvalue weighted by molar-refractivity contribution is 0.252. The molecule has 3 rings (SSSR count). The summed E-state index contributed by atoms with van der Waals surface area (Å²) in [6.07, 6.45) is 0. The number of oxazole rings is 1. The van der Waals surface area contributed by atoms with Gasteiger partial charge in [0.2, 0.25) is 5.89 Å². The number of aryl methyl sites for hydroxylation is 1. The van der Waals surface area contributed by atoms with Gasteiger partial charge in [-0.05, 0) is 51.4 Å². The molecule has 0 aliphatic heterocycles. The second-order valence-corrected chi connectivity index (χ2v) is 7.04. The van der Waals surface area contributed by atoms with E-state index in [-0.39, 0.29) is 0 Å². The molecule has 3 aromatic rings. The standard InChI is InChI=1S/C20H24N2O2S/c1-5-23-18-10-7-6-9-16(18)20-21-17(15(3)24-20)13-22(4)14(2)19-11-8-12-25-19/h6-12,14H,5,13H2,1-4H3/t14-/m1/s1. The Morgan fingerprint density at radius 3 is 2.76 bits per heavy atom. The van der Waals surface area contributed by atoms with Gasteiger partial charge in [0.15, 0.2) is 0 Å². The Hall–Kier alpha value is -2.11. The number of hydrogen-bond acceptors (Lipinski definition) is 5. The van der Waals surface area contributed by atoms with Crippen molar-refractivity contribution < 1.29 is 9.15 Å². The van der Waals surface area contributed by atoms with Gasteiger partial charge < -0.3 is 9.15 Å². The van der Waals surface area contributed by atoms with Crippen LogP contribution in [0.4, 0.5) is 0 Å². The lowest BCUT2D eigenvalue weighted by atomic mass is 10.2. The van der Waals surface area contributed by atoms with Crippen LogP contribution in [0.1, 0.15) is 36.2 Å². The maximum atomic E-state index is 5.94. The van der Waals surface area contributed by atoms with Gasteiger partial charge in [0.25, 0.3) is 0 Å². The maximum Gasteiger partial charge on any atom is 0.230 e. The molecule has 0 bridgehead atoms. The van der Waals surface area contributed by atoms with E-state index in [2.05, 4.69) is 36.4 Å². The van der Waals surface area contributed by atoms with Crippen LogP contribution in [0.5, 0.6) is 5.75 Å². The average molecular weight is 356 g/mol. The summed E-state index contributed by atoms with van der Waals surface area (Å²) in [6, 6.07) is 12.5. The predicted octanol–water partition coefficient (Wildman–Crippen LogP) is 5.30. The van der Waals surface area contributed by atoms with Crippen molar-refractivity contribution in [3.05, 3.63) is 58.1 Å². The van der Waals surface area contributed by atoms with Gasteiger partial charge in [-0.25, -0.2) is 4.98 Å². The smallest absolute Gasteiger partial charge is 0.230 e. The van der Waals surface area contributed by atoms with Gasteiger partial charge in [0, 0.05) is 17.5 Å². The van der Waals surface area contributed by atoms with Crippen LogP contribution in [0.25, 0.3) is 11.5 Å². The molecule has 1 atom stereocenters. The fourth-order valence-electron chi connectivity index (χ4n) is 2.73. The molecule has 0 N–H and O–H groups in total. The number of benzene rings is 1. The number of aromatic nitrogens is 1. The molecule has 132 valence electrons. The Kier molecular flexibility index (Phi) is 5.56. The molecule has 0 aliphatic rings. The van der Waals surface area contributed by atoms with E-state index in [0.29, 0.717) is 18.5 Å². The van der Waals surface area contributed by atoms with Crippen molar-refractivity contribution in [2.75, 3.05) is 13.7 Å². The Balaban J connectivity index is 1.81. The lowest BCUT2D eigenvalue weighted by Gasteiger charge is -2.22. The lowest BCUT2D eigenvalue weighted by Crippen LogP contribution is -2.21. The first-order valence-electron chi connectivity index (χ1n) is 8.52. The zero-order valence-electron chi connectivity index (χ0n) is 15.2.